The number of hydrogen-bond acceptors (Lipinski definition) is 3. The van der Waals surface area contributed by atoms with Gasteiger partial charge in [-0.15, -0.1) is 0 Å². The number of aromatic nitrogens is 2. The summed E-state index contributed by atoms with van der Waals surface area (Å²) in [6.45, 7) is 5.83. The molecule has 2 aromatic rings. The van der Waals surface area contributed by atoms with Gasteiger partial charge in [-0.2, -0.15) is 10.4 Å². The summed E-state index contributed by atoms with van der Waals surface area (Å²) in [5, 5.41) is 17.3. The maximum atomic E-state index is 12.5. The van der Waals surface area contributed by atoms with Crippen molar-refractivity contribution in [1.82, 2.24) is 15.1 Å². The van der Waals surface area contributed by atoms with Crippen LogP contribution < -0.4 is 5.32 Å². The van der Waals surface area contributed by atoms with Crippen LogP contribution in [-0.2, 0) is 4.79 Å². The van der Waals surface area contributed by atoms with Crippen LogP contribution in [0.5, 0.6) is 0 Å². The zero-order chi connectivity index (χ0) is 19.6. The minimum absolute atomic E-state index is 0.0485. The summed E-state index contributed by atoms with van der Waals surface area (Å²) in [5.74, 6) is -0.348. The lowest BCUT2D eigenvalue weighted by Gasteiger charge is -2.11. The predicted octanol–water partition coefficient (Wildman–Crippen LogP) is 4.42. The number of halogens is 1. The molecule has 1 saturated carbocycles. The van der Waals surface area contributed by atoms with Gasteiger partial charge in [0.2, 0.25) is 0 Å². The zero-order valence-electron chi connectivity index (χ0n) is 15.8. The van der Waals surface area contributed by atoms with E-state index in [1.807, 2.05) is 45.0 Å². The average Bonchev–Trinajstić information content (AvgIpc) is 3.24. The Kier molecular flexibility index (Phi) is 5.67. The third-order valence-electron chi connectivity index (χ3n) is 4.98. The number of hydrogen-bond donors (Lipinski definition) is 1. The summed E-state index contributed by atoms with van der Waals surface area (Å²) in [6.07, 6.45) is 5.70. The number of carbonyl (C=O) groups excluding carboxylic acids is 1. The lowest BCUT2D eigenvalue weighted by molar-refractivity contribution is -0.117. The number of nitrogens with zero attached hydrogens (tertiary/aromatic N) is 3. The van der Waals surface area contributed by atoms with Gasteiger partial charge in [-0.3, -0.25) is 4.79 Å². The molecule has 1 fully saturated rings. The normalized spacial score (nSPS) is 15.0. The van der Waals surface area contributed by atoms with Crippen LogP contribution in [0.25, 0.3) is 11.8 Å². The number of carbonyl (C=O) groups is 1. The highest BCUT2D eigenvalue weighted by Gasteiger charge is 2.21. The number of benzene rings is 1. The van der Waals surface area contributed by atoms with Gasteiger partial charge in [0, 0.05) is 11.6 Å². The van der Waals surface area contributed by atoms with Gasteiger partial charge in [-0.25, -0.2) is 4.68 Å². The Bertz CT molecular complexity index is 946. The molecule has 0 spiro atoms. The molecule has 1 heterocycles. The highest BCUT2D eigenvalue weighted by atomic mass is 35.5. The summed E-state index contributed by atoms with van der Waals surface area (Å²) in [7, 11) is 0. The molecule has 1 N–H and O–H groups in total. The third kappa shape index (κ3) is 4.06. The molecule has 0 unspecified atom stereocenters. The molecule has 140 valence electrons. The van der Waals surface area contributed by atoms with E-state index in [0.29, 0.717) is 16.4 Å². The van der Waals surface area contributed by atoms with Gasteiger partial charge >= 0.3 is 0 Å². The molecule has 6 heteroatoms. The maximum absolute atomic E-state index is 12.5. The van der Waals surface area contributed by atoms with E-state index in [0.717, 1.165) is 42.5 Å². The van der Waals surface area contributed by atoms with E-state index in [1.165, 1.54) is 6.08 Å². The van der Waals surface area contributed by atoms with Gasteiger partial charge in [0.25, 0.3) is 5.91 Å². The van der Waals surface area contributed by atoms with E-state index >= 15 is 0 Å². The van der Waals surface area contributed by atoms with Crippen molar-refractivity contribution in [2.45, 2.75) is 52.5 Å². The highest BCUT2D eigenvalue weighted by molar-refractivity contribution is 6.31. The molecule has 0 aliphatic heterocycles. The second-order valence-corrected chi connectivity index (χ2v) is 7.47. The lowest BCUT2D eigenvalue weighted by Crippen LogP contribution is -2.33. The molecule has 0 bridgehead atoms. The van der Waals surface area contributed by atoms with Crippen molar-refractivity contribution in [2.24, 2.45) is 0 Å². The highest BCUT2D eigenvalue weighted by Crippen LogP contribution is 2.28. The summed E-state index contributed by atoms with van der Waals surface area (Å²) >= 11 is 6.58. The molecule has 0 saturated heterocycles. The Morgan fingerprint density at radius 3 is 2.70 bits per heavy atom. The molecule has 0 atom stereocenters. The first-order valence-corrected chi connectivity index (χ1v) is 9.54. The van der Waals surface area contributed by atoms with E-state index in [1.54, 1.807) is 4.68 Å². The van der Waals surface area contributed by atoms with Gasteiger partial charge in [-0.05, 0) is 56.9 Å². The molecule has 3 rings (SSSR count). The van der Waals surface area contributed by atoms with Crippen molar-refractivity contribution in [1.29, 1.82) is 5.26 Å². The van der Waals surface area contributed by atoms with Crippen molar-refractivity contribution >= 4 is 23.6 Å². The third-order valence-corrected chi connectivity index (χ3v) is 5.35. The van der Waals surface area contributed by atoms with Gasteiger partial charge in [-0.1, -0.05) is 36.6 Å². The van der Waals surface area contributed by atoms with E-state index in [4.69, 9.17) is 11.6 Å². The van der Waals surface area contributed by atoms with Crippen LogP contribution in [0.3, 0.4) is 0 Å². The molecule has 1 aliphatic carbocycles. The second kappa shape index (κ2) is 7.98. The fourth-order valence-electron chi connectivity index (χ4n) is 3.41. The van der Waals surface area contributed by atoms with E-state index in [9.17, 15) is 10.1 Å². The van der Waals surface area contributed by atoms with Crippen LogP contribution in [0, 0.1) is 32.1 Å². The monoisotopic (exact) mass is 382 g/mol. The minimum atomic E-state index is -0.348. The van der Waals surface area contributed by atoms with Crippen molar-refractivity contribution in [3.8, 4) is 11.8 Å². The molecule has 1 aliphatic rings. The largest absolute Gasteiger partial charge is 0.349 e. The fourth-order valence-corrected chi connectivity index (χ4v) is 3.73. The first-order chi connectivity index (χ1) is 12.9. The number of nitrogens with one attached hydrogen (secondary N) is 1. The molecular weight excluding hydrogens is 360 g/mol. The molecular formula is C21H23ClN4O. The predicted molar refractivity (Wildman–Crippen MR) is 107 cm³/mol. The van der Waals surface area contributed by atoms with Gasteiger partial charge in [0.15, 0.2) is 0 Å². The smallest absolute Gasteiger partial charge is 0.262 e. The Hall–Kier alpha value is -2.58. The number of rotatable bonds is 4. The standard InChI is InChI=1S/C21H23ClN4O/c1-13-8-9-14(2)19(10-13)26-20(22)18(15(3)25-26)11-16(12-23)21(27)24-17-6-4-5-7-17/h8-11,17H,4-7H2,1-3H3,(H,24,27). The molecule has 27 heavy (non-hydrogen) atoms. The molecule has 1 aromatic carbocycles. The Morgan fingerprint density at radius 1 is 1.33 bits per heavy atom. The second-order valence-electron chi connectivity index (χ2n) is 7.12. The lowest BCUT2D eigenvalue weighted by atomic mass is 10.1. The van der Waals surface area contributed by atoms with E-state index in [-0.39, 0.29) is 17.5 Å². The van der Waals surface area contributed by atoms with E-state index < -0.39 is 0 Å². The quantitative estimate of drug-likeness (QED) is 0.628. The summed E-state index contributed by atoms with van der Waals surface area (Å²) in [5.41, 5.74) is 4.34. The zero-order valence-corrected chi connectivity index (χ0v) is 16.6. The summed E-state index contributed by atoms with van der Waals surface area (Å²) < 4.78 is 1.66. The topological polar surface area (TPSA) is 70.7 Å². The summed E-state index contributed by atoms with van der Waals surface area (Å²) in [6, 6.07) is 8.22. The maximum Gasteiger partial charge on any atom is 0.262 e. The van der Waals surface area contributed by atoms with Crippen molar-refractivity contribution < 1.29 is 4.79 Å². The van der Waals surface area contributed by atoms with Crippen LogP contribution in [-0.4, -0.2) is 21.7 Å². The van der Waals surface area contributed by atoms with Crippen molar-refractivity contribution in [3.63, 3.8) is 0 Å². The average molecular weight is 383 g/mol. The Labute approximate surface area is 164 Å². The molecule has 0 radical (unpaired) electrons. The molecule has 1 aromatic heterocycles. The van der Waals surface area contributed by atoms with Crippen LogP contribution >= 0.6 is 11.6 Å². The molecule has 5 nitrogen and oxygen atoms in total. The first-order valence-electron chi connectivity index (χ1n) is 9.16. The Balaban J connectivity index is 1.95. The first kappa shape index (κ1) is 19.2. The van der Waals surface area contributed by atoms with Gasteiger partial charge < -0.3 is 5.32 Å². The minimum Gasteiger partial charge on any atom is -0.349 e. The van der Waals surface area contributed by atoms with Crippen LogP contribution in [0.15, 0.2) is 23.8 Å². The van der Waals surface area contributed by atoms with Gasteiger partial charge in [0.05, 0.1) is 11.4 Å². The van der Waals surface area contributed by atoms with Crippen LogP contribution in [0.1, 0.15) is 48.1 Å². The van der Waals surface area contributed by atoms with Crippen molar-refractivity contribution in [3.05, 3.63) is 51.3 Å². The van der Waals surface area contributed by atoms with Gasteiger partial charge in [0.1, 0.15) is 16.8 Å². The van der Waals surface area contributed by atoms with E-state index in [2.05, 4.69) is 10.4 Å². The number of amides is 1. The number of aryl methyl sites for hydroxylation is 3. The van der Waals surface area contributed by atoms with Crippen molar-refractivity contribution in [2.75, 3.05) is 0 Å². The number of nitriles is 1. The SMILES string of the molecule is Cc1ccc(C)c(-n2nc(C)c(C=C(C#N)C(=O)NC3CCCC3)c2Cl)c1. The summed E-state index contributed by atoms with van der Waals surface area (Å²) in [4.78, 5) is 12.5. The Morgan fingerprint density at radius 2 is 2.04 bits per heavy atom. The fraction of sp³-hybridized carbons (Fsp3) is 0.381. The van der Waals surface area contributed by atoms with Crippen LogP contribution in [0.4, 0.5) is 0 Å². The van der Waals surface area contributed by atoms with Crippen LogP contribution in [0.2, 0.25) is 5.15 Å². The molecule has 1 amide bonds.